The van der Waals surface area contributed by atoms with E-state index in [2.05, 4.69) is 12.2 Å². The molecule has 2 aliphatic carbocycles. The number of carbonyl (C=O) groups excluding carboxylic acids is 2. The Morgan fingerprint density at radius 3 is 1.76 bits per heavy atom. The van der Waals surface area contributed by atoms with Gasteiger partial charge in [-0.05, 0) is 18.3 Å². The molecule has 17 heavy (non-hydrogen) atoms. The summed E-state index contributed by atoms with van der Waals surface area (Å²) in [7, 11) is 0. The van der Waals surface area contributed by atoms with Crippen molar-refractivity contribution in [2.45, 2.75) is 20.3 Å². The fraction of sp³-hybridized carbons (Fsp3) is 0.692. The monoisotopic (exact) mass is 238 g/mol. The molecule has 0 aromatic rings. The first-order valence-corrected chi connectivity index (χ1v) is 6.03. The summed E-state index contributed by atoms with van der Waals surface area (Å²) in [6.07, 6.45) is 5.49. The van der Waals surface area contributed by atoms with Crippen LogP contribution in [0.4, 0.5) is 0 Å². The molecule has 2 aliphatic rings. The van der Waals surface area contributed by atoms with Crippen LogP contribution in [0.25, 0.3) is 0 Å². The molecule has 2 bridgehead atoms. The van der Waals surface area contributed by atoms with Crippen molar-refractivity contribution in [1.82, 2.24) is 0 Å². The van der Waals surface area contributed by atoms with Crippen molar-refractivity contribution in [2.75, 3.05) is 13.2 Å². The van der Waals surface area contributed by atoms with Crippen molar-refractivity contribution in [3.63, 3.8) is 0 Å². The van der Waals surface area contributed by atoms with Crippen LogP contribution >= 0.6 is 0 Å². The lowest BCUT2D eigenvalue weighted by Crippen LogP contribution is -2.29. The second kappa shape index (κ2) is 4.90. The van der Waals surface area contributed by atoms with E-state index in [9.17, 15) is 9.59 Å². The van der Waals surface area contributed by atoms with Crippen LogP contribution in [0, 0.1) is 23.7 Å². The van der Waals surface area contributed by atoms with Crippen molar-refractivity contribution < 1.29 is 19.1 Å². The zero-order valence-corrected chi connectivity index (χ0v) is 10.2. The molecule has 4 heteroatoms. The van der Waals surface area contributed by atoms with Gasteiger partial charge in [-0.1, -0.05) is 12.2 Å². The SMILES string of the molecule is CC(=O)OCC1C2C=CC(C2)C1COC(C)=O. The van der Waals surface area contributed by atoms with Crippen LogP contribution in [0.15, 0.2) is 12.2 Å². The molecule has 1 fully saturated rings. The lowest BCUT2D eigenvalue weighted by atomic mass is 9.84. The molecule has 1 saturated carbocycles. The second-order valence-corrected chi connectivity index (χ2v) is 4.88. The van der Waals surface area contributed by atoms with E-state index in [0.29, 0.717) is 36.9 Å². The zero-order valence-electron chi connectivity index (χ0n) is 10.2. The topological polar surface area (TPSA) is 52.6 Å². The molecule has 94 valence electrons. The molecule has 0 saturated heterocycles. The van der Waals surface area contributed by atoms with Gasteiger partial charge in [0.1, 0.15) is 0 Å². The van der Waals surface area contributed by atoms with Gasteiger partial charge in [-0.25, -0.2) is 0 Å². The van der Waals surface area contributed by atoms with Gasteiger partial charge in [-0.3, -0.25) is 9.59 Å². The molecule has 4 unspecified atom stereocenters. The molecule has 0 aromatic carbocycles. The molecule has 4 atom stereocenters. The molecule has 0 aromatic heterocycles. The van der Waals surface area contributed by atoms with E-state index < -0.39 is 0 Å². The average molecular weight is 238 g/mol. The zero-order chi connectivity index (χ0) is 12.4. The first-order chi connectivity index (χ1) is 8.08. The van der Waals surface area contributed by atoms with E-state index in [-0.39, 0.29) is 11.9 Å². The summed E-state index contributed by atoms with van der Waals surface area (Å²) in [6, 6.07) is 0. The van der Waals surface area contributed by atoms with Crippen molar-refractivity contribution in [3.8, 4) is 0 Å². The third kappa shape index (κ3) is 2.68. The molecule has 0 heterocycles. The fourth-order valence-electron chi connectivity index (χ4n) is 2.95. The van der Waals surface area contributed by atoms with Crippen molar-refractivity contribution in [3.05, 3.63) is 12.2 Å². The molecule has 0 radical (unpaired) electrons. The van der Waals surface area contributed by atoms with Gasteiger partial charge >= 0.3 is 11.9 Å². The van der Waals surface area contributed by atoms with Crippen molar-refractivity contribution >= 4 is 11.9 Å². The summed E-state index contributed by atoms with van der Waals surface area (Å²) in [5, 5.41) is 0. The lowest BCUT2D eigenvalue weighted by Gasteiger charge is -2.26. The summed E-state index contributed by atoms with van der Waals surface area (Å²) >= 11 is 0. The quantitative estimate of drug-likeness (QED) is 0.551. The van der Waals surface area contributed by atoms with Crippen LogP contribution in [-0.2, 0) is 19.1 Å². The molecule has 0 amide bonds. The minimum absolute atomic E-state index is 0.247. The van der Waals surface area contributed by atoms with Gasteiger partial charge in [0, 0.05) is 25.7 Å². The molecule has 4 nitrogen and oxygen atoms in total. The van der Waals surface area contributed by atoms with Crippen LogP contribution in [-0.4, -0.2) is 25.2 Å². The smallest absolute Gasteiger partial charge is 0.302 e. The highest BCUT2D eigenvalue weighted by Gasteiger charge is 2.45. The molecule has 0 spiro atoms. The minimum atomic E-state index is -0.247. The highest BCUT2D eigenvalue weighted by molar-refractivity contribution is 5.66. The molecular formula is C13H18O4. The van der Waals surface area contributed by atoms with Gasteiger partial charge in [-0.15, -0.1) is 0 Å². The maximum Gasteiger partial charge on any atom is 0.302 e. The predicted molar refractivity (Wildman–Crippen MR) is 61.0 cm³/mol. The number of hydrogen-bond donors (Lipinski definition) is 0. The second-order valence-electron chi connectivity index (χ2n) is 4.88. The number of allylic oxidation sites excluding steroid dienone is 2. The molecule has 2 rings (SSSR count). The van der Waals surface area contributed by atoms with E-state index in [0.717, 1.165) is 6.42 Å². The van der Waals surface area contributed by atoms with Crippen molar-refractivity contribution in [1.29, 1.82) is 0 Å². The third-order valence-corrected chi connectivity index (χ3v) is 3.76. The molecular weight excluding hydrogens is 220 g/mol. The Bertz CT molecular complexity index is 315. The minimum Gasteiger partial charge on any atom is -0.466 e. The Hall–Kier alpha value is -1.32. The Kier molecular flexibility index (Phi) is 3.50. The highest BCUT2D eigenvalue weighted by atomic mass is 16.5. The maximum atomic E-state index is 10.9. The highest BCUT2D eigenvalue weighted by Crippen LogP contribution is 2.48. The summed E-state index contributed by atoms with van der Waals surface area (Å²) in [4.78, 5) is 21.7. The van der Waals surface area contributed by atoms with Crippen LogP contribution in [0.1, 0.15) is 20.3 Å². The van der Waals surface area contributed by atoms with Gasteiger partial charge in [0.05, 0.1) is 13.2 Å². The number of fused-ring (bicyclic) bond motifs is 2. The lowest BCUT2D eigenvalue weighted by molar-refractivity contribution is -0.147. The standard InChI is InChI=1S/C13H18O4/c1-8(14)16-6-12-10-3-4-11(5-10)13(12)7-17-9(2)15/h3-4,10-13H,5-7H2,1-2H3. The first-order valence-electron chi connectivity index (χ1n) is 6.03. The number of hydrogen-bond acceptors (Lipinski definition) is 4. The summed E-state index contributed by atoms with van der Waals surface area (Å²) in [6.45, 7) is 3.72. The largest absolute Gasteiger partial charge is 0.466 e. The summed E-state index contributed by atoms with van der Waals surface area (Å²) in [5.74, 6) is 1.05. The summed E-state index contributed by atoms with van der Waals surface area (Å²) in [5.41, 5.74) is 0. The van der Waals surface area contributed by atoms with Gasteiger partial charge in [0.15, 0.2) is 0 Å². The molecule has 0 aliphatic heterocycles. The van der Waals surface area contributed by atoms with E-state index in [4.69, 9.17) is 9.47 Å². The third-order valence-electron chi connectivity index (χ3n) is 3.76. The van der Waals surface area contributed by atoms with Gasteiger partial charge in [-0.2, -0.15) is 0 Å². The maximum absolute atomic E-state index is 10.9. The number of rotatable bonds is 4. The van der Waals surface area contributed by atoms with Crippen molar-refractivity contribution in [2.24, 2.45) is 23.7 Å². The normalized spacial score (nSPS) is 33.8. The van der Waals surface area contributed by atoms with E-state index >= 15 is 0 Å². The Morgan fingerprint density at radius 2 is 1.41 bits per heavy atom. The van der Waals surface area contributed by atoms with Crippen LogP contribution < -0.4 is 0 Å². The van der Waals surface area contributed by atoms with Crippen LogP contribution in [0.2, 0.25) is 0 Å². The number of carbonyl (C=O) groups is 2. The van der Waals surface area contributed by atoms with Gasteiger partial charge in [0.2, 0.25) is 0 Å². The fourth-order valence-corrected chi connectivity index (χ4v) is 2.95. The van der Waals surface area contributed by atoms with Crippen LogP contribution in [0.3, 0.4) is 0 Å². The van der Waals surface area contributed by atoms with E-state index in [1.54, 1.807) is 0 Å². The number of ether oxygens (including phenoxy) is 2. The average Bonchev–Trinajstić information content (AvgIpc) is 2.83. The van der Waals surface area contributed by atoms with E-state index in [1.165, 1.54) is 13.8 Å². The van der Waals surface area contributed by atoms with Crippen LogP contribution in [0.5, 0.6) is 0 Å². The summed E-state index contributed by atoms with van der Waals surface area (Å²) < 4.78 is 10.2. The van der Waals surface area contributed by atoms with E-state index in [1.807, 2.05) is 0 Å². The predicted octanol–water partition coefficient (Wildman–Crippen LogP) is 1.55. The Morgan fingerprint density at radius 1 is 1.00 bits per heavy atom. The Labute approximate surface area is 101 Å². The van der Waals surface area contributed by atoms with Gasteiger partial charge in [0.25, 0.3) is 0 Å². The number of esters is 2. The first kappa shape index (κ1) is 12.1. The molecule has 0 N–H and O–H groups in total. The Balaban J connectivity index is 1.94. The van der Waals surface area contributed by atoms with Gasteiger partial charge < -0.3 is 9.47 Å².